The summed E-state index contributed by atoms with van der Waals surface area (Å²) < 4.78 is 7.57. The molecule has 0 unspecified atom stereocenters. The van der Waals surface area contributed by atoms with Crippen LogP contribution in [-0.2, 0) is 22.4 Å². The van der Waals surface area contributed by atoms with Crippen LogP contribution in [0.1, 0.15) is 63.1 Å². The first-order chi connectivity index (χ1) is 21.7. The molecule has 10 heteroatoms. The van der Waals surface area contributed by atoms with E-state index in [1.165, 1.54) is 11.0 Å². The normalized spacial score (nSPS) is 15.7. The molecule has 0 atom stereocenters. The second-order valence-corrected chi connectivity index (χ2v) is 12.3. The molecular formula is C35H34N4O5S. The van der Waals surface area contributed by atoms with Gasteiger partial charge in [0.25, 0.3) is 17.7 Å². The first kappa shape index (κ1) is 30.1. The summed E-state index contributed by atoms with van der Waals surface area (Å²) in [7, 11) is 0. The molecule has 0 radical (unpaired) electrons. The lowest BCUT2D eigenvalue weighted by Crippen LogP contribution is -2.54. The predicted octanol–water partition coefficient (Wildman–Crippen LogP) is 6.66. The number of thiophene rings is 1. The van der Waals surface area contributed by atoms with Crippen LogP contribution in [0.4, 0.5) is 16.2 Å². The van der Waals surface area contributed by atoms with Gasteiger partial charge < -0.3 is 14.6 Å². The number of nitrogens with zero attached hydrogens (tertiary/aromatic N) is 2. The Morgan fingerprint density at radius 2 is 1.78 bits per heavy atom. The zero-order chi connectivity index (χ0) is 31.8. The van der Waals surface area contributed by atoms with Crippen molar-refractivity contribution in [3.63, 3.8) is 0 Å². The Morgan fingerprint density at radius 1 is 1.02 bits per heavy atom. The van der Waals surface area contributed by atoms with Crippen LogP contribution in [-0.4, -0.2) is 34.9 Å². The summed E-state index contributed by atoms with van der Waals surface area (Å²) in [5, 5.41) is 6.20. The van der Waals surface area contributed by atoms with E-state index in [4.69, 9.17) is 4.74 Å². The number of urea groups is 1. The maximum atomic E-state index is 13.9. The molecule has 0 saturated carbocycles. The van der Waals surface area contributed by atoms with Crippen LogP contribution in [0.2, 0.25) is 0 Å². The highest BCUT2D eigenvalue weighted by Gasteiger charge is 2.37. The van der Waals surface area contributed by atoms with Crippen LogP contribution < -0.4 is 20.3 Å². The van der Waals surface area contributed by atoms with Crippen LogP contribution >= 0.6 is 11.3 Å². The quantitative estimate of drug-likeness (QED) is 0.177. The van der Waals surface area contributed by atoms with Crippen molar-refractivity contribution in [1.29, 1.82) is 0 Å². The molecule has 2 aromatic carbocycles. The number of fused-ring (bicyclic) bond motifs is 1. The smallest absolute Gasteiger partial charge is 0.335 e. The number of amides is 5. The van der Waals surface area contributed by atoms with Gasteiger partial charge in [-0.1, -0.05) is 23.8 Å². The number of nitrogens with one attached hydrogen (secondary N) is 2. The van der Waals surface area contributed by atoms with Gasteiger partial charge in [0.2, 0.25) is 0 Å². The molecule has 3 heterocycles. The van der Waals surface area contributed by atoms with Gasteiger partial charge in [-0.2, -0.15) is 0 Å². The number of hydrogen-bond donors (Lipinski definition) is 2. The molecule has 2 N–H and O–H groups in total. The molecule has 0 bridgehead atoms. The van der Waals surface area contributed by atoms with Crippen molar-refractivity contribution in [3.8, 4) is 10.8 Å². The fourth-order valence-electron chi connectivity index (χ4n) is 5.95. The molecule has 0 spiro atoms. The summed E-state index contributed by atoms with van der Waals surface area (Å²) in [6.45, 7) is 8.10. The third-order valence-electron chi connectivity index (χ3n) is 8.15. The van der Waals surface area contributed by atoms with Crippen molar-refractivity contribution in [3.05, 3.63) is 98.7 Å². The fourth-order valence-corrected chi connectivity index (χ4v) is 7.44. The number of aromatic nitrogens is 1. The first-order valence-corrected chi connectivity index (χ1v) is 15.8. The SMILES string of the molecule is CCOc1cccc(N2C(=O)NC(=O)/C(=C\c3cc(C)n(-c4sc5c(c4C(=O)Nc4ccc(C)cc4)CCCC5)c3C)C2=O)c1. The number of anilines is 2. The van der Waals surface area contributed by atoms with Crippen molar-refractivity contribution in [2.75, 3.05) is 16.8 Å². The van der Waals surface area contributed by atoms with E-state index >= 15 is 0 Å². The van der Waals surface area contributed by atoms with E-state index in [0.717, 1.165) is 63.8 Å². The highest BCUT2D eigenvalue weighted by molar-refractivity contribution is 7.15. The van der Waals surface area contributed by atoms with Gasteiger partial charge in [0.05, 0.1) is 17.9 Å². The van der Waals surface area contributed by atoms with E-state index in [2.05, 4.69) is 10.6 Å². The maximum Gasteiger partial charge on any atom is 0.335 e. The molecule has 2 aliphatic rings. The molecule has 1 saturated heterocycles. The van der Waals surface area contributed by atoms with Crippen LogP contribution in [0.5, 0.6) is 5.75 Å². The van der Waals surface area contributed by atoms with Crippen molar-refractivity contribution >= 4 is 52.5 Å². The van der Waals surface area contributed by atoms with E-state index in [9.17, 15) is 19.2 Å². The monoisotopic (exact) mass is 622 g/mol. The van der Waals surface area contributed by atoms with E-state index < -0.39 is 17.8 Å². The summed E-state index contributed by atoms with van der Waals surface area (Å²) >= 11 is 1.62. The molecule has 1 aliphatic carbocycles. The zero-order valence-electron chi connectivity index (χ0n) is 25.7. The Balaban J connectivity index is 1.39. The molecular weight excluding hydrogens is 588 g/mol. The van der Waals surface area contributed by atoms with E-state index in [0.29, 0.717) is 29.2 Å². The Labute approximate surface area is 265 Å². The van der Waals surface area contributed by atoms with Gasteiger partial charge in [-0.15, -0.1) is 11.3 Å². The first-order valence-electron chi connectivity index (χ1n) is 15.0. The Hall–Kier alpha value is -4.96. The molecule has 9 nitrogen and oxygen atoms in total. The Kier molecular flexibility index (Phi) is 8.16. The molecule has 1 aliphatic heterocycles. The lowest BCUT2D eigenvalue weighted by Gasteiger charge is -2.26. The number of rotatable bonds is 7. The second-order valence-electron chi connectivity index (χ2n) is 11.3. The summed E-state index contributed by atoms with van der Waals surface area (Å²) in [6, 6.07) is 15.4. The number of carbonyl (C=O) groups excluding carboxylic acids is 4. The summed E-state index contributed by atoms with van der Waals surface area (Å²) in [5.41, 5.74) is 5.97. The van der Waals surface area contributed by atoms with Gasteiger partial charge in [0.1, 0.15) is 16.3 Å². The highest BCUT2D eigenvalue weighted by atomic mass is 32.1. The van der Waals surface area contributed by atoms with Gasteiger partial charge in [0.15, 0.2) is 0 Å². The average molecular weight is 623 g/mol. The largest absolute Gasteiger partial charge is 0.494 e. The molecule has 230 valence electrons. The number of ether oxygens (including phenoxy) is 1. The summed E-state index contributed by atoms with van der Waals surface area (Å²) in [5.74, 6) is -1.16. The van der Waals surface area contributed by atoms with Gasteiger partial charge in [0, 0.05) is 28.0 Å². The van der Waals surface area contributed by atoms with Crippen molar-refractivity contribution in [2.45, 2.75) is 53.4 Å². The van der Waals surface area contributed by atoms with Crippen molar-refractivity contribution in [2.24, 2.45) is 0 Å². The summed E-state index contributed by atoms with van der Waals surface area (Å²) in [4.78, 5) is 55.4. The van der Waals surface area contributed by atoms with Gasteiger partial charge in [-0.05, 0) is 101 Å². The molecule has 6 rings (SSSR count). The third kappa shape index (κ3) is 5.69. The topological polar surface area (TPSA) is 110 Å². The van der Waals surface area contributed by atoms with Crippen LogP contribution in [0.3, 0.4) is 0 Å². The van der Waals surface area contributed by atoms with E-state index in [1.54, 1.807) is 35.6 Å². The minimum atomic E-state index is -0.824. The van der Waals surface area contributed by atoms with Crippen LogP contribution in [0.25, 0.3) is 11.1 Å². The van der Waals surface area contributed by atoms with Gasteiger partial charge >= 0.3 is 6.03 Å². The molecule has 4 aromatic rings. The fraction of sp³-hybridized carbons (Fsp3) is 0.257. The number of carbonyl (C=O) groups is 4. The van der Waals surface area contributed by atoms with Crippen LogP contribution in [0.15, 0.2) is 60.2 Å². The molecule has 1 fully saturated rings. The van der Waals surface area contributed by atoms with E-state index in [1.807, 2.05) is 62.6 Å². The molecule has 45 heavy (non-hydrogen) atoms. The number of aryl methyl sites for hydroxylation is 3. The predicted molar refractivity (Wildman–Crippen MR) is 176 cm³/mol. The second kappa shape index (κ2) is 12.2. The van der Waals surface area contributed by atoms with E-state index in [-0.39, 0.29) is 11.5 Å². The number of barbiturate groups is 1. The minimum absolute atomic E-state index is 0.161. The van der Waals surface area contributed by atoms with Gasteiger partial charge in [-0.3, -0.25) is 19.7 Å². The Bertz CT molecular complexity index is 1880. The lowest BCUT2D eigenvalue weighted by atomic mass is 9.95. The maximum absolute atomic E-state index is 13.9. The summed E-state index contributed by atoms with van der Waals surface area (Å²) in [6.07, 6.45) is 5.37. The number of imide groups is 2. The minimum Gasteiger partial charge on any atom is -0.494 e. The van der Waals surface area contributed by atoms with Crippen molar-refractivity contribution in [1.82, 2.24) is 9.88 Å². The molecule has 2 aromatic heterocycles. The third-order valence-corrected chi connectivity index (χ3v) is 9.43. The Morgan fingerprint density at radius 3 is 2.53 bits per heavy atom. The highest BCUT2D eigenvalue weighted by Crippen LogP contribution is 2.39. The lowest BCUT2D eigenvalue weighted by molar-refractivity contribution is -0.122. The zero-order valence-corrected chi connectivity index (χ0v) is 26.5. The number of benzene rings is 2. The number of hydrogen-bond acceptors (Lipinski definition) is 6. The van der Waals surface area contributed by atoms with Gasteiger partial charge in [-0.25, -0.2) is 9.69 Å². The van der Waals surface area contributed by atoms with Crippen LogP contribution in [0, 0.1) is 20.8 Å². The molecule has 5 amide bonds. The standard InChI is InChI=1S/C35H34N4O5S/c1-5-44-26-10-8-9-25(19-26)39-33(42)28(31(40)37-35(39)43)18-23-17-21(3)38(22(23)4)34-30(27-11-6-7-12-29(27)45-34)32(41)36-24-15-13-20(2)14-16-24/h8-10,13-19H,5-7,11-12H2,1-4H3,(H,36,41)(H,37,40,43)/b28-18+. The average Bonchev–Trinajstić information content (AvgIpc) is 3.52. The van der Waals surface area contributed by atoms with Crippen molar-refractivity contribution < 1.29 is 23.9 Å².